The van der Waals surface area contributed by atoms with Gasteiger partial charge in [-0.25, -0.2) is 4.39 Å². The topological polar surface area (TPSA) is 12.0 Å². The van der Waals surface area contributed by atoms with E-state index in [1.165, 1.54) is 25.7 Å². The molecule has 2 fully saturated rings. The van der Waals surface area contributed by atoms with Crippen molar-refractivity contribution in [2.24, 2.45) is 5.92 Å². The lowest BCUT2D eigenvalue weighted by atomic mass is 9.84. The van der Waals surface area contributed by atoms with E-state index in [1.54, 1.807) is 6.07 Å². The Kier molecular flexibility index (Phi) is 2.99. The van der Waals surface area contributed by atoms with Gasteiger partial charge in [0.15, 0.2) is 0 Å². The molecule has 92 valence electrons. The molecule has 3 heteroatoms. The molecule has 1 nitrogen and oxygen atoms in total. The van der Waals surface area contributed by atoms with E-state index in [9.17, 15) is 4.39 Å². The summed E-state index contributed by atoms with van der Waals surface area (Å²) in [7, 11) is 0. The number of halogens is 2. The van der Waals surface area contributed by atoms with E-state index in [1.807, 2.05) is 12.1 Å². The van der Waals surface area contributed by atoms with Crippen LogP contribution in [0.4, 0.5) is 4.39 Å². The number of benzene rings is 1. The second-order valence-electron chi connectivity index (χ2n) is 5.37. The van der Waals surface area contributed by atoms with E-state index in [4.69, 9.17) is 0 Å². The second-order valence-corrected chi connectivity index (χ2v) is 6.29. The Bertz CT molecular complexity index is 422. The zero-order valence-corrected chi connectivity index (χ0v) is 11.4. The largest absolute Gasteiger partial charge is 0.311 e. The molecule has 0 amide bonds. The zero-order chi connectivity index (χ0) is 11.9. The molecule has 0 spiro atoms. The molecule has 0 radical (unpaired) electrons. The van der Waals surface area contributed by atoms with Gasteiger partial charge in [-0.3, -0.25) is 0 Å². The molecule has 3 rings (SSSR count). The molecular weight excluding hydrogens is 281 g/mol. The van der Waals surface area contributed by atoms with Gasteiger partial charge in [-0.2, -0.15) is 0 Å². The zero-order valence-electron chi connectivity index (χ0n) is 9.81. The highest BCUT2D eigenvalue weighted by Crippen LogP contribution is 2.46. The molecular formula is C14H17BrFN. The lowest BCUT2D eigenvalue weighted by Crippen LogP contribution is -2.44. The predicted molar refractivity (Wildman–Crippen MR) is 70.5 cm³/mol. The Morgan fingerprint density at radius 3 is 2.82 bits per heavy atom. The van der Waals surface area contributed by atoms with Gasteiger partial charge < -0.3 is 5.32 Å². The first-order valence-electron chi connectivity index (χ1n) is 6.39. The first-order chi connectivity index (χ1) is 8.20. The molecule has 0 aromatic heterocycles. The van der Waals surface area contributed by atoms with Gasteiger partial charge >= 0.3 is 0 Å². The maximum Gasteiger partial charge on any atom is 0.127 e. The molecule has 2 aliphatic rings. The average molecular weight is 298 g/mol. The lowest BCUT2D eigenvalue weighted by Gasteiger charge is -2.30. The molecule has 1 aliphatic carbocycles. The molecule has 1 saturated carbocycles. The van der Waals surface area contributed by atoms with Crippen molar-refractivity contribution in [3.63, 3.8) is 0 Å². The molecule has 17 heavy (non-hydrogen) atoms. The van der Waals surface area contributed by atoms with Crippen molar-refractivity contribution in [1.29, 1.82) is 0 Å². The number of rotatable bonds is 3. The van der Waals surface area contributed by atoms with Crippen molar-refractivity contribution in [3.8, 4) is 0 Å². The van der Waals surface area contributed by atoms with Crippen LogP contribution in [0, 0.1) is 11.7 Å². The summed E-state index contributed by atoms with van der Waals surface area (Å²) in [4.78, 5) is 0. The summed E-state index contributed by atoms with van der Waals surface area (Å²) in [5.74, 6) is 0.696. The van der Waals surface area contributed by atoms with Gasteiger partial charge in [0.05, 0.1) is 0 Å². The van der Waals surface area contributed by atoms with E-state index in [0.29, 0.717) is 0 Å². The van der Waals surface area contributed by atoms with E-state index in [0.717, 1.165) is 28.9 Å². The van der Waals surface area contributed by atoms with Crippen LogP contribution in [-0.2, 0) is 6.42 Å². The highest BCUT2D eigenvalue weighted by atomic mass is 79.9. The van der Waals surface area contributed by atoms with Crippen LogP contribution in [0.2, 0.25) is 0 Å². The second kappa shape index (κ2) is 4.36. The van der Waals surface area contributed by atoms with Crippen LogP contribution in [0.1, 0.15) is 31.2 Å². The van der Waals surface area contributed by atoms with Crippen molar-refractivity contribution in [3.05, 3.63) is 34.1 Å². The summed E-state index contributed by atoms with van der Waals surface area (Å²) in [6.45, 7) is 1.09. The molecule has 1 saturated heterocycles. The van der Waals surface area contributed by atoms with Gasteiger partial charge in [0.25, 0.3) is 0 Å². The van der Waals surface area contributed by atoms with Gasteiger partial charge in [0.2, 0.25) is 0 Å². The van der Waals surface area contributed by atoms with E-state index in [-0.39, 0.29) is 11.4 Å². The van der Waals surface area contributed by atoms with Crippen LogP contribution in [0.15, 0.2) is 22.7 Å². The Labute approximate surface area is 110 Å². The van der Waals surface area contributed by atoms with Gasteiger partial charge in [0, 0.05) is 10.0 Å². The van der Waals surface area contributed by atoms with Gasteiger partial charge in [0.1, 0.15) is 5.82 Å². The third-order valence-electron chi connectivity index (χ3n) is 4.16. The van der Waals surface area contributed by atoms with Crippen molar-refractivity contribution in [2.75, 3.05) is 6.54 Å². The van der Waals surface area contributed by atoms with Crippen LogP contribution in [-0.4, -0.2) is 12.1 Å². The van der Waals surface area contributed by atoms with E-state index < -0.39 is 0 Å². The van der Waals surface area contributed by atoms with Crippen LogP contribution in [0.3, 0.4) is 0 Å². The third-order valence-corrected chi connectivity index (χ3v) is 4.65. The first kappa shape index (κ1) is 11.7. The van der Waals surface area contributed by atoms with Gasteiger partial charge in [-0.15, -0.1) is 0 Å². The average Bonchev–Trinajstić information content (AvgIpc) is 3.05. The minimum atomic E-state index is -0.0758. The molecule has 0 bridgehead atoms. The third kappa shape index (κ3) is 2.27. The van der Waals surface area contributed by atoms with Crippen molar-refractivity contribution in [1.82, 2.24) is 5.32 Å². The molecule has 1 atom stereocenters. The quantitative estimate of drug-likeness (QED) is 0.898. The molecule has 1 unspecified atom stereocenters. The van der Waals surface area contributed by atoms with Crippen molar-refractivity contribution in [2.45, 2.75) is 37.6 Å². The number of hydrogen-bond donors (Lipinski definition) is 1. The van der Waals surface area contributed by atoms with Crippen LogP contribution < -0.4 is 5.32 Å². The van der Waals surface area contributed by atoms with Gasteiger partial charge in [-0.05, 0) is 62.3 Å². The summed E-state index contributed by atoms with van der Waals surface area (Å²) < 4.78 is 14.7. The van der Waals surface area contributed by atoms with E-state index >= 15 is 0 Å². The van der Waals surface area contributed by atoms with Crippen LogP contribution in [0.5, 0.6) is 0 Å². The fraction of sp³-hybridized carbons (Fsp3) is 0.571. The SMILES string of the molecule is Fc1cc(Br)ccc1CC1(C2CC2)CCCN1. The summed E-state index contributed by atoms with van der Waals surface area (Å²) in [6, 6.07) is 5.43. The highest BCUT2D eigenvalue weighted by molar-refractivity contribution is 9.10. The monoisotopic (exact) mass is 297 g/mol. The minimum Gasteiger partial charge on any atom is -0.311 e. The first-order valence-corrected chi connectivity index (χ1v) is 7.18. The highest BCUT2D eigenvalue weighted by Gasteiger charge is 2.46. The maximum absolute atomic E-state index is 13.9. The smallest absolute Gasteiger partial charge is 0.127 e. The minimum absolute atomic E-state index is 0.0758. The Hall–Kier alpha value is -0.410. The summed E-state index contributed by atoms with van der Waals surface area (Å²) in [5.41, 5.74) is 1.05. The number of hydrogen-bond acceptors (Lipinski definition) is 1. The predicted octanol–water partition coefficient (Wildman–Crippen LogP) is 3.66. The summed E-state index contributed by atoms with van der Waals surface area (Å²) in [6.07, 6.45) is 5.90. The number of nitrogens with one attached hydrogen (secondary N) is 1. The Balaban J connectivity index is 1.84. The Morgan fingerprint density at radius 2 is 2.24 bits per heavy atom. The van der Waals surface area contributed by atoms with E-state index in [2.05, 4.69) is 21.2 Å². The maximum atomic E-state index is 13.9. The normalized spacial score (nSPS) is 28.6. The molecule has 1 aromatic carbocycles. The molecule has 1 N–H and O–H groups in total. The fourth-order valence-electron chi connectivity index (χ4n) is 3.11. The molecule has 1 aromatic rings. The standard InChI is InChI=1S/C14H17BrFN/c15-12-5-2-10(13(16)8-12)9-14(11-3-4-11)6-1-7-17-14/h2,5,8,11,17H,1,3-4,6-7,9H2. The molecule has 1 heterocycles. The van der Waals surface area contributed by atoms with Crippen molar-refractivity contribution >= 4 is 15.9 Å². The molecule has 1 aliphatic heterocycles. The van der Waals surface area contributed by atoms with Crippen molar-refractivity contribution < 1.29 is 4.39 Å². The Morgan fingerprint density at radius 1 is 1.41 bits per heavy atom. The summed E-state index contributed by atoms with van der Waals surface area (Å²) in [5, 5.41) is 3.64. The van der Waals surface area contributed by atoms with Crippen LogP contribution >= 0.6 is 15.9 Å². The van der Waals surface area contributed by atoms with Crippen LogP contribution in [0.25, 0.3) is 0 Å². The van der Waals surface area contributed by atoms with Gasteiger partial charge in [-0.1, -0.05) is 22.0 Å². The summed E-state index contributed by atoms with van der Waals surface area (Å²) >= 11 is 3.31. The lowest BCUT2D eigenvalue weighted by molar-refractivity contribution is 0.319. The fourth-order valence-corrected chi connectivity index (χ4v) is 3.45.